The Morgan fingerprint density at radius 3 is 2.62 bits per heavy atom. The van der Waals surface area contributed by atoms with E-state index in [4.69, 9.17) is 4.74 Å². The number of hydrogen-bond donors (Lipinski definition) is 2. The second kappa shape index (κ2) is 7.80. The number of rotatable bonds is 7. The van der Waals surface area contributed by atoms with Gasteiger partial charge in [0.1, 0.15) is 12.2 Å². The standard InChI is InChI=1S/C15H17F3N4O2/c1-2-24-14(23)9-13-20-12(21-22-13)7-8-19-11-5-3-10(4-6-11)15(16,17)18/h3-6,19H,2,7-9H2,1H3,(H,20,21,22). The SMILES string of the molecule is CCOC(=O)Cc1nc(CCNc2ccc(C(F)(F)F)cc2)n[nH]1. The molecule has 0 fully saturated rings. The number of nitrogens with zero attached hydrogens (tertiary/aromatic N) is 2. The van der Waals surface area contributed by atoms with Crippen LogP contribution in [0.1, 0.15) is 24.1 Å². The first kappa shape index (κ1) is 17.8. The van der Waals surface area contributed by atoms with E-state index in [-0.39, 0.29) is 12.4 Å². The van der Waals surface area contributed by atoms with Gasteiger partial charge >= 0.3 is 12.1 Å². The van der Waals surface area contributed by atoms with Crippen LogP contribution in [0.5, 0.6) is 0 Å². The number of H-pyrrole nitrogens is 1. The average molecular weight is 342 g/mol. The Morgan fingerprint density at radius 1 is 1.29 bits per heavy atom. The Hall–Kier alpha value is -2.58. The molecule has 0 spiro atoms. The van der Waals surface area contributed by atoms with E-state index in [1.807, 2.05) is 0 Å². The number of hydrogen-bond acceptors (Lipinski definition) is 5. The van der Waals surface area contributed by atoms with Crippen LogP contribution < -0.4 is 5.32 Å². The number of anilines is 1. The van der Waals surface area contributed by atoms with Crippen molar-refractivity contribution in [3.8, 4) is 0 Å². The number of nitrogens with one attached hydrogen (secondary N) is 2. The maximum atomic E-state index is 12.5. The molecule has 0 aliphatic rings. The summed E-state index contributed by atoms with van der Waals surface area (Å²) in [6, 6.07) is 4.78. The molecule has 0 unspecified atom stereocenters. The summed E-state index contributed by atoms with van der Waals surface area (Å²) >= 11 is 0. The van der Waals surface area contributed by atoms with Gasteiger partial charge in [-0.2, -0.15) is 18.3 Å². The average Bonchev–Trinajstić information content (AvgIpc) is 2.94. The number of ether oxygens (including phenoxy) is 1. The fraction of sp³-hybridized carbons (Fsp3) is 0.400. The van der Waals surface area contributed by atoms with Crippen molar-refractivity contribution in [3.05, 3.63) is 41.5 Å². The second-order valence-corrected chi connectivity index (χ2v) is 4.93. The third-order valence-corrected chi connectivity index (χ3v) is 3.09. The number of benzene rings is 1. The third-order valence-electron chi connectivity index (χ3n) is 3.09. The number of alkyl halides is 3. The van der Waals surface area contributed by atoms with Crippen LogP contribution >= 0.6 is 0 Å². The van der Waals surface area contributed by atoms with Gasteiger partial charge in [0.2, 0.25) is 0 Å². The first-order valence-corrected chi connectivity index (χ1v) is 7.35. The van der Waals surface area contributed by atoms with Crippen molar-refractivity contribution in [1.82, 2.24) is 15.2 Å². The van der Waals surface area contributed by atoms with Gasteiger partial charge in [-0.3, -0.25) is 9.89 Å². The summed E-state index contributed by atoms with van der Waals surface area (Å²) in [7, 11) is 0. The minimum atomic E-state index is -4.34. The molecule has 2 aromatic rings. The summed E-state index contributed by atoms with van der Waals surface area (Å²) in [5, 5.41) is 9.62. The van der Waals surface area contributed by atoms with Gasteiger partial charge in [-0.05, 0) is 31.2 Å². The first-order valence-electron chi connectivity index (χ1n) is 7.35. The Morgan fingerprint density at radius 2 is 2.00 bits per heavy atom. The van der Waals surface area contributed by atoms with Gasteiger partial charge in [-0.25, -0.2) is 4.98 Å². The highest BCUT2D eigenvalue weighted by Crippen LogP contribution is 2.29. The van der Waals surface area contributed by atoms with E-state index in [2.05, 4.69) is 20.5 Å². The van der Waals surface area contributed by atoms with E-state index in [9.17, 15) is 18.0 Å². The minimum Gasteiger partial charge on any atom is -0.466 e. The van der Waals surface area contributed by atoms with Crippen LogP contribution in [0.15, 0.2) is 24.3 Å². The normalized spacial score (nSPS) is 11.3. The lowest BCUT2D eigenvalue weighted by molar-refractivity contribution is -0.142. The van der Waals surface area contributed by atoms with E-state index >= 15 is 0 Å². The van der Waals surface area contributed by atoms with Crippen molar-refractivity contribution >= 4 is 11.7 Å². The molecule has 0 saturated carbocycles. The summed E-state index contributed by atoms with van der Waals surface area (Å²) in [4.78, 5) is 15.5. The van der Waals surface area contributed by atoms with Crippen molar-refractivity contribution in [1.29, 1.82) is 0 Å². The smallest absolute Gasteiger partial charge is 0.416 e. The number of esters is 1. The fourth-order valence-corrected chi connectivity index (χ4v) is 1.97. The number of aromatic amines is 1. The largest absolute Gasteiger partial charge is 0.466 e. The number of halogens is 3. The predicted molar refractivity (Wildman–Crippen MR) is 80.4 cm³/mol. The maximum absolute atomic E-state index is 12.5. The summed E-state index contributed by atoms with van der Waals surface area (Å²) in [6.07, 6.45) is -3.86. The molecule has 0 amide bonds. The van der Waals surface area contributed by atoms with Gasteiger partial charge in [-0.1, -0.05) is 0 Å². The van der Waals surface area contributed by atoms with Gasteiger partial charge in [-0.15, -0.1) is 0 Å². The van der Waals surface area contributed by atoms with Gasteiger partial charge in [0.05, 0.1) is 12.2 Å². The quantitative estimate of drug-likeness (QED) is 0.756. The van der Waals surface area contributed by atoms with Crippen molar-refractivity contribution in [2.24, 2.45) is 0 Å². The van der Waals surface area contributed by atoms with E-state index in [1.165, 1.54) is 12.1 Å². The zero-order valence-electron chi connectivity index (χ0n) is 13.0. The minimum absolute atomic E-state index is 0.0210. The molecule has 1 aromatic heterocycles. The number of aromatic nitrogens is 3. The Balaban J connectivity index is 1.80. The Bertz CT molecular complexity index is 668. The van der Waals surface area contributed by atoms with E-state index < -0.39 is 11.7 Å². The van der Waals surface area contributed by atoms with Crippen LogP contribution in [0.2, 0.25) is 0 Å². The van der Waals surface area contributed by atoms with Crippen LogP contribution in [0, 0.1) is 0 Å². The molecule has 1 aromatic carbocycles. The second-order valence-electron chi connectivity index (χ2n) is 4.93. The molecule has 0 saturated heterocycles. The molecule has 0 bridgehead atoms. The third kappa shape index (κ3) is 5.25. The van der Waals surface area contributed by atoms with E-state index in [1.54, 1.807) is 6.92 Å². The summed E-state index contributed by atoms with van der Waals surface area (Å²) in [5.74, 6) is 0.537. The highest BCUT2D eigenvalue weighted by molar-refractivity contribution is 5.71. The molecule has 6 nitrogen and oxygen atoms in total. The van der Waals surface area contributed by atoms with Crippen molar-refractivity contribution in [2.75, 3.05) is 18.5 Å². The van der Waals surface area contributed by atoms with Crippen molar-refractivity contribution < 1.29 is 22.7 Å². The van der Waals surface area contributed by atoms with Crippen LogP contribution in [0.3, 0.4) is 0 Å². The molecule has 130 valence electrons. The van der Waals surface area contributed by atoms with Crippen LogP contribution in [-0.4, -0.2) is 34.3 Å². The molecule has 2 N–H and O–H groups in total. The van der Waals surface area contributed by atoms with Crippen LogP contribution in [0.25, 0.3) is 0 Å². The van der Waals surface area contributed by atoms with Crippen LogP contribution in [-0.2, 0) is 28.5 Å². The molecular weight excluding hydrogens is 325 g/mol. The predicted octanol–water partition coefficient (Wildman–Crippen LogP) is 2.58. The van der Waals surface area contributed by atoms with Crippen LogP contribution in [0.4, 0.5) is 18.9 Å². The number of carbonyl (C=O) groups is 1. The van der Waals surface area contributed by atoms with Gasteiger partial charge in [0.15, 0.2) is 5.82 Å². The summed E-state index contributed by atoms with van der Waals surface area (Å²) in [5.41, 5.74) is -0.115. The zero-order chi connectivity index (χ0) is 17.6. The summed E-state index contributed by atoms with van der Waals surface area (Å²) in [6.45, 7) is 2.47. The highest BCUT2D eigenvalue weighted by atomic mass is 19.4. The van der Waals surface area contributed by atoms with Gasteiger partial charge in [0, 0.05) is 18.7 Å². The summed E-state index contributed by atoms with van der Waals surface area (Å²) < 4.78 is 42.2. The molecule has 0 aliphatic carbocycles. The molecule has 0 aliphatic heterocycles. The topological polar surface area (TPSA) is 79.9 Å². The molecule has 9 heteroatoms. The first-order chi connectivity index (χ1) is 11.4. The monoisotopic (exact) mass is 342 g/mol. The molecule has 2 rings (SSSR count). The van der Waals surface area contributed by atoms with E-state index in [0.29, 0.717) is 36.9 Å². The molecular formula is C15H17F3N4O2. The molecule has 0 radical (unpaired) electrons. The molecule has 0 atom stereocenters. The maximum Gasteiger partial charge on any atom is 0.416 e. The van der Waals surface area contributed by atoms with Crippen molar-refractivity contribution in [3.63, 3.8) is 0 Å². The number of carbonyl (C=O) groups excluding carboxylic acids is 1. The lowest BCUT2D eigenvalue weighted by Crippen LogP contribution is -2.09. The Labute approximate surface area is 136 Å². The van der Waals surface area contributed by atoms with Gasteiger partial charge < -0.3 is 10.1 Å². The molecule has 24 heavy (non-hydrogen) atoms. The lowest BCUT2D eigenvalue weighted by Gasteiger charge is -2.08. The van der Waals surface area contributed by atoms with E-state index in [0.717, 1.165) is 12.1 Å². The highest BCUT2D eigenvalue weighted by Gasteiger charge is 2.29. The zero-order valence-corrected chi connectivity index (χ0v) is 13.0. The Kier molecular flexibility index (Phi) is 5.78. The lowest BCUT2D eigenvalue weighted by atomic mass is 10.2. The molecule has 1 heterocycles. The fourth-order valence-electron chi connectivity index (χ4n) is 1.97. The van der Waals surface area contributed by atoms with Gasteiger partial charge in [0.25, 0.3) is 0 Å². The van der Waals surface area contributed by atoms with Crippen molar-refractivity contribution in [2.45, 2.75) is 25.9 Å².